The van der Waals surface area contributed by atoms with Gasteiger partial charge in [-0.3, -0.25) is 9.97 Å². The summed E-state index contributed by atoms with van der Waals surface area (Å²) in [6.45, 7) is 7.27. The molecule has 0 unspecified atom stereocenters. The molecular weight excluding hydrogens is 248 g/mol. The minimum absolute atomic E-state index is 1.13. The molecular formula is C16H22N4+2. The highest BCUT2D eigenvalue weighted by Crippen LogP contribution is 1.94. The number of hydrogen-bond donors (Lipinski definition) is 2. The van der Waals surface area contributed by atoms with E-state index in [0.29, 0.717) is 0 Å². The lowest BCUT2D eigenvalue weighted by molar-refractivity contribution is -1.02. The van der Waals surface area contributed by atoms with Crippen molar-refractivity contribution in [1.29, 1.82) is 0 Å². The number of quaternary nitrogens is 2. The molecule has 0 radical (unpaired) electrons. The Morgan fingerprint density at radius 3 is 1.35 bits per heavy atom. The molecule has 4 nitrogen and oxygen atoms in total. The van der Waals surface area contributed by atoms with Crippen molar-refractivity contribution in [1.82, 2.24) is 9.97 Å². The smallest absolute Gasteiger partial charge is 0.127 e. The van der Waals surface area contributed by atoms with Crippen molar-refractivity contribution in [2.75, 3.05) is 26.2 Å². The summed E-state index contributed by atoms with van der Waals surface area (Å²) in [4.78, 5) is 11.5. The fourth-order valence-corrected chi connectivity index (χ4v) is 2.89. The Kier molecular flexibility index (Phi) is 4.35. The first-order chi connectivity index (χ1) is 9.90. The van der Waals surface area contributed by atoms with Crippen molar-refractivity contribution in [2.24, 2.45) is 0 Å². The van der Waals surface area contributed by atoms with E-state index in [4.69, 9.17) is 0 Å². The molecule has 0 amide bonds. The van der Waals surface area contributed by atoms with Crippen molar-refractivity contribution in [3.8, 4) is 0 Å². The van der Waals surface area contributed by atoms with Gasteiger partial charge in [0, 0.05) is 35.9 Å². The zero-order valence-corrected chi connectivity index (χ0v) is 11.8. The van der Waals surface area contributed by atoms with Crippen LogP contribution >= 0.6 is 0 Å². The first-order valence-electron chi connectivity index (χ1n) is 7.35. The molecule has 1 aliphatic rings. The Morgan fingerprint density at radius 1 is 0.650 bits per heavy atom. The molecule has 0 aromatic carbocycles. The number of pyridine rings is 2. The average Bonchev–Trinajstić information content (AvgIpc) is 2.51. The third-order valence-electron chi connectivity index (χ3n) is 4.07. The zero-order valence-electron chi connectivity index (χ0n) is 11.8. The van der Waals surface area contributed by atoms with Crippen LogP contribution in [0.4, 0.5) is 0 Å². The molecule has 0 bridgehead atoms. The Hall–Kier alpha value is -1.78. The lowest BCUT2D eigenvalue weighted by Gasteiger charge is -2.29. The second-order valence-corrected chi connectivity index (χ2v) is 5.56. The van der Waals surface area contributed by atoms with Crippen molar-refractivity contribution >= 4 is 0 Å². The number of nitrogens with one attached hydrogen (secondary N) is 2. The van der Waals surface area contributed by atoms with Crippen LogP contribution in [0.1, 0.15) is 11.1 Å². The predicted octanol–water partition coefficient (Wildman–Crippen LogP) is -1.04. The van der Waals surface area contributed by atoms with Gasteiger partial charge in [-0.15, -0.1) is 0 Å². The van der Waals surface area contributed by atoms with Crippen LogP contribution < -0.4 is 9.80 Å². The van der Waals surface area contributed by atoms with Crippen molar-refractivity contribution in [3.63, 3.8) is 0 Å². The summed E-state index contributed by atoms with van der Waals surface area (Å²) in [5.41, 5.74) is 2.79. The summed E-state index contributed by atoms with van der Waals surface area (Å²) in [7, 11) is 0. The molecule has 104 valence electrons. The molecule has 1 saturated heterocycles. The summed E-state index contributed by atoms with van der Waals surface area (Å²) in [6.07, 6.45) is 7.55. The number of aromatic nitrogens is 2. The van der Waals surface area contributed by atoms with Crippen LogP contribution in [0.2, 0.25) is 0 Å². The zero-order chi connectivity index (χ0) is 13.6. The van der Waals surface area contributed by atoms with Gasteiger partial charge in [0.25, 0.3) is 0 Å². The molecule has 3 rings (SSSR count). The van der Waals surface area contributed by atoms with Crippen molar-refractivity contribution < 1.29 is 9.80 Å². The third-order valence-corrected chi connectivity index (χ3v) is 4.07. The number of rotatable bonds is 4. The van der Waals surface area contributed by atoms with E-state index in [9.17, 15) is 0 Å². The molecule has 2 N–H and O–H groups in total. The van der Waals surface area contributed by atoms with Gasteiger partial charge in [-0.1, -0.05) is 0 Å². The Balaban J connectivity index is 1.47. The van der Waals surface area contributed by atoms with Crippen LogP contribution in [0, 0.1) is 0 Å². The molecule has 4 heteroatoms. The van der Waals surface area contributed by atoms with Crippen LogP contribution in [-0.2, 0) is 13.1 Å². The van der Waals surface area contributed by atoms with Crippen molar-refractivity contribution in [3.05, 3.63) is 60.2 Å². The van der Waals surface area contributed by atoms with E-state index in [2.05, 4.69) is 34.2 Å². The maximum atomic E-state index is 4.08. The molecule has 2 aromatic heterocycles. The molecule has 3 heterocycles. The third kappa shape index (κ3) is 3.62. The van der Waals surface area contributed by atoms with E-state index in [1.165, 1.54) is 37.3 Å². The number of piperazine rings is 1. The fraction of sp³-hybridized carbons (Fsp3) is 0.375. The first kappa shape index (κ1) is 13.2. The minimum Gasteiger partial charge on any atom is -0.322 e. The number of hydrogen-bond acceptors (Lipinski definition) is 2. The van der Waals surface area contributed by atoms with Crippen molar-refractivity contribution in [2.45, 2.75) is 13.1 Å². The average molecular weight is 270 g/mol. The van der Waals surface area contributed by atoms with Crippen LogP contribution in [0.5, 0.6) is 0 Å². The van der Waals surface area contributed by atoms with Crippen LogP contribution in [0.15, 0.2) is 49.1 Å². The second kappa shape index (κ2) is 6.59. The largest absolute Gasteiger partial charge is 0.322 e. The minimum atomic E-state index is 1.13. The van der Waals surface area contributed by atoms with Gasteiger partial charge in [0.15, 0.2) is 0 Å². The Bertz CT molecular complexity index is 457. The van der Waals surface area contributed by atoms with Gasteiger partial charge in [-0.2, -0.15) is 0 Å². The molecule has 0 atom stereocenters. The summed E-state index contributed by atoms with van der Waals surface area (Å²) < 4.78 is 0. The lowest BCUT2D eigenvalue weighted by atomic mass is 10.2. The highest BCUT2D eigenvalue weighted by atomic mass is 15.3. The van der Waals surface area contributed by atoms with E-state index < -0.39 is 0 Å². The van der Waals surface area contributed by atoms with Crippen LogP contribution in [-0.4, -0.2) is 36.1 Å². The molecule has 2 aromatic rings. The van der Waals surface area contributed by atoms with E-state index in [1.807, 2.05) is 24.8 Å². The summed E-state index contributed by atoms with van der Waals surface area (Å²) >= 11 is 0. The number of nitrogens with zero attached hydrogens (tertiary/aromatic N) is 2. The predicted molar refractivity (Wildman–Crippen MR) is 77.3 cm³/mol. The summed E-state index contributed by atoms with van der Waals surface area (Å²) in [5.74, 6) is 0. The fourth-order valence-electron chi connectivity index (χ4n) is 2.89. The highest BCUT2D eigenvalue weighted by molar-refractivity contribution is 5.08. The Labute approximate surface area is 120 Å². The topological polar surface area (TPSA) is 34.7 Å². The van der Waals surface area contributed by atoms with Crippen LogP contribution in [0.3, 0.4) is 0 Å². The maximum absolute atomic E-state index is 4.08. The van der Waals surface area contributed by atoms with Gasteiger partial charge in [-0.25, -0.2) is 0 Å². The first-order valence-corrected chi connectivity index (χ1v) is 7.35. The normalized spacial score (nSPS) is 22.6. The summed E-state index contributed by atoms with van der Waals surface area (Å²) in [5, 5.41) is 0. The molecule has 0 spiro atoms. The van der Waals surface area contributed by atoms with E-state index in [-0.39, 0.29) is 0 Å². The SMILES string of the molecule is c1cc(C[NH+]2CC[NH+](Cc3ccncc3)CC2)ccn1. The maximum Gasteiger partial charge on any atom is 0.127 e. The lowest BCUT2D eigenvalue weighted by Crippen LogP contribution is -3.27. The highest BCUT2D eigenvalue weighted by Gasteiger charge is 2.22. The molecule has 0 saturated carbocycles. The van der Waals surface area contributed by atoms with Gasteiger partial charge >= 0.3 is 0 Å². The van der Waals surface area contributed by atoms with Gasteiger partial charge in [0.05, 0.1) is 0 Å². The Morgan fingerprint density at radius 2 is 1.00 bits per heavy atom. The monoisotopic (exact) mass is 270 g/mol. The van der Waals surface area contributed by atoms with Crippen LogP contribution in [0.25, 0.3) is 0 Å². The second-order valence-electron chi connectivity index (χ2n) is 5.56. The van der Waals surface area contributed by atoms with Gasteiger partial charge in [0.1, 0.15) is 39.3 Å². The van der Waals surface area contributed by atoms with Gasteiger partial charge in [0.2, 0.25) is 0 Å². The quantitative estimate of drug-likeness (QED) is 0.744. The van der Waals surface area contributed by atoms with E-state index in [0.717, 1.165) is 13.1 Å². The van der Waals surface area contributed by atoms with Gasteiger partial charge in [-0.05, 0) is 24.3 Å². The molecule has 1 fully saturated rings. The summed E-state index contributed by atoms with van der Waals surface area (Å²) in [6, 6.07) is 8.51. The standard InChI is InChI=1S/C16H20N4/c1-5-17-6-2-15(1)13-19-9-11-20(12-10-19)14-16-3-7-18-8-4-16/h1-8H,9-14H2/p+2. The van der Waals surface area contributed by atoms with Gasteiger partial charge < -0.3 is 9.80 Å². The molecule has 0 aliphatic carbocycles. The molecule has 20 heavy (non-hydrogen) atoms. The van der Waals surface area contributed by atoms with E-state index >= 15 is 0 Å². The molecule has 1 aliphatic heterocycles. The van der Waals surface area contributed by atoms with E-state index in [1.54, 1.807) is 9.80 Å².